The van der Waals surface area contributed by atoms with Crippen LogP contribution in [0.25, 0.3) is 6.08 Å². The van der Waals surface area contributed by atoms with Crippen LogP contribution in [0.3, 0.4) is 0 Å². The van der Waals surface area contributed by atoms with Gasteiger partial charge in [0, 0.05) is 30.5 Å². The van der Waals surface area contributed by atoms with E-state index in [1.807, 2.05) is 6.92 Å². The summed E-state index contributed by atoms with van der Waals surface area (Å²) >= 11 is 1.33. The molecule has 1 amide bonds. The summed E-state index contributed by atoms with van der Waals surface area (Å²) in [5.41, 5.74) is 0.556. The lowest BCUT2D eigenvalue weighted by atomic mass is 10.2. The van der Waals surface area contributed by atoms with Crippen LogP contribution in [0.4, 0.5) is 0 Å². The number of likely N-dealkylation sites (N-methyl/N-ethyl adjacent to an activating group) is 1. The summed E-state index contributed by atoms with van der Waals surface area (Å²) in [7, 11) is 3.31. The highest BCUT2D eigenvalue weighted by Gasteiger charge is 2.18. The third-order valence-corrected chi connectivity index (χ3v) is 3.54. The number of carbonyl (C=O) groups is 2. The van der Waals surface area contributed by atoms with Crippen molar-refractivity contribution >= 4 is 29.3 Å². The second-order valence-corrected chi connectivity index (χ2v) is 5.07. The standard InChI is InChI=1S/C13H17NO4S/c1-9(7-18-3)14(2)13(17)10-6-11(19-8-10)4-5-12(15)16/h4-6,8-9H,7H2,1-3H3,(H,15,16). The van der Waals surface area contributed by atoms with E-state index in [1.165, 1.54) is 17.4 Å². The molecule has 0 spiro atoms. The van der Waals surface area contributed by atoms with Crippen molar-refractivity contribution in [2.45, 2.75) is 13.0 Å². The van der Waals surface area contributed by atoms with Gasteiger partial charge in [0.05, 0.1) is 18.2 Å². The Bertz CT molecular complexity index is 481. The molecule has 6 heteroatoms. The minimum atomic E-state index is -1.01. The number of carbonyl (C=O) groups excluding carboxylic acids is 1. The first-order valence-electron chi connectivity index (χ1n) is 5.71. The molecule has 1 rings (SSSR count). The molecule has 104 valence electrons. The van der Waals surface area contributed by atoms with Crippen LogP contribution in [0.5, 0.6) is 0 Å². The first-order chi connectivity index (χ1) is 8.95. The fourth-order valence-electron chi connectivity index (χ4n) is 1.46. The third kappa shape index (κ3) is 4.50. The second kappa shape index (κ2) is 7.06. The number of methoxy groups -OCH3 is 1. The number of hydrogen-bond acceptors (Lipinski definition) is 4. The largest absolute Gasteiger partial charge is 0.478 e. The summed E-state index contributed by atoms with van der Waals surface area (Å²) in [5, 5.41) is 10.3. The van der Waals surface area contributed by atoms with E-state index in [9.17, 15) is 9.59 Å². The van der Waals surface area contributed by atoms with Crippen molar-refractivity contribution in [1.29, 1.82) is 0 Å². The Kier molecular flexibility index (Phi) is 5.72. The molecule has 0 aliphatic heterocycles. The summed E-state index contributed by atoms with van der Waals surface area (Å²) < 4.78 is 5.01. The normalized spacial score (nSPS) is 12.6. The Hall–Kier alpha value is -1.66. The van der Waals surface area contributed by atoms with Crippen LogP contribution in [-0.2, 0) is 9.53 Å². The van der Waals surface area contributed by atoms with E-state index in [1.54, 1.807) is 30.5 Å². The lowest BCUT2D eigenvalue weighted by Crippen LogP contribution is -2.37. The summed E-state index contributed by atoms with van der Waals surface area (Å²) in [5.74, 6) is -1.11. The number of aliphatic carboxylic acids is 1. The Morgan fingerprint density at radius 2 is 2.26 bits per heavy atom. The number of carboxylic acids is 1. The predicted molar refractivity (Wildman–Crippen MR) is 74.4 cm³/mol. The maximum absolute atomic E-state index is 12.1. The Labute approximate surface area is 116 Å². The quantitative estimate of drug-likeness (QED) is 0.810. The summed E-state index contributed by atoms with van der Waals surface area (Å²) in [6.07, 6.45) is 2.53. The Morgan fingerprint density at radius 1 is 1.58 bits per heavy atom. The molecular weight excluding hydrogens is 266 g/mol. The van der Waals surface area contributed by atoms with Crippen molar-refractivity contribution in [2.75, 3.05) is 20.8 Å². The lowest BCUT2D eigenvalue weighted by Gasteiger charge is -2.23. The van der Waals surface area contributed by atoms with Crippen molar-refractivity contribution in [3.63, 3.8) is 0 Å². The zero-order valence-electron chi connectivity index (χ0n) is 11.1. The van der Waals surface area contributed by atoms with E-state index in [2.05, 4.69) is 0 Å². The van der Waals surface area contributed by atoms with Gasteiger partial charge in [-0.25, -0.2) is 4.79 Å². The first-order valence-corrected chi connectivity index (χ1v) is 6.59. The molecular formula is C13H17NO4S. The third-order valence-electron chi connectivity index (χ3n) is 2.65. The molecule has 0 fully saturated rings. The van der Waals surface area contributed by atoms with Gasteiger partial charge >= 0.3 is 5.97 Å². The van der Waals surface area contributed by atoms with Gasteiger partial charge in [0.15, 0.2) is 0 Å². The highest BCUT2D eigenvalue weighted by molar-refractivity contribution is 7.11. The molecule has 5 nitrogen and oxygen atoms in total. The van der Waals surface area contributed by atoms with E-state index >= 15 is 0 Å². The van der Waals surface area contributed by atoms with Gasteiger partial charge in [0.25, 0.3) is 5.91 Å². The first kappa shape index (κ1) is 15.4. The van der Waals surface area contributed by atoms with Gasteiger partial charge in [-0.2, -0.15) is 0 Å². The maximum atomic E-state index is 12.1. The van der Waals surface area contributed by atoms with Crippen molar-refractivity contribution in [3.8, 4) is 0 Å². The molecule has 0 saturated carbocycles. The van der Waals surface area contributed by atoms with Gasteiger partial charge in [0.2, 0.25) is 0 Å². The predicted octanol–water partition coefficient (Wildman–Crippen LogP) is 1.95. The second-order valence-electron chi connectivity index (χ2n) is 4.13. The Morgan fingerprint density at radius 3 is 2.84 bits per heavy atom. The molecule has 1 aromatic heterocycles. The number of ether oxygens (including phenoxy) is 1. The molecule has 19 heavy (non-hydrogen) atoms. The molecule has 0 saturated heterocycles. The number of nitrogens with zero attached hydrogens (tertiary/aromatic N) is 1. The molecule has 0 aliphatic carbocycles. The van der Waals surface area contributed by atoms with Crippen molar-refractivity contribution < 1.29 is 19.4 Å². The molecule has 1 unspecified atom stereocenters. The number of amides is 1. The maximum Gasteiger partial charge on any atom is 0.328 e. The fourth-order valence-corrected chi connectivity index (χ4v) is 2.24. The van der Waals surface area contributed by atoms with Crippen LogP contribution >= 0.6 is 11.3 Å². The van der Waals surface area contributed by atoms with Crippen LogP contribution in [0.15, 0.2) is 17.5 Å². The van der Waals surface area contributed by atoms with Gasteiger partial charge in [-0.3, -0.25) is 4.79 Å². The molecule has 0 aliphatic rings. The Balaban J connectivity index is 2.75. The van der Waals surface area contributed by atoms with Crippen LogP contribution in [-0.4, -0.2) is 48.7 Å². The summed E-state index contributed by atoms with van der Waals surface area (Å²) in [4.78, 5) is 24.9. The average molecular weight is 283 g/mol. The van der Waals surface area contributed by atoms with Gasteiger partial charge in [-0.05, 0) is 19.1 Å². The highest BCUT2D eigenvalue weighted by Crippen LogP contribution is 2.18. The molecule has 1 aromatic rings. The van der Waals surface area contributed by atoms with Gasteiger partial charge in [-0.1, -0.05) is 0 Å². The molecule has 0 bridgehead atoms. The van der Waals surface area contributed by atoms with E-state index in [0.29, 0.717) is 12.2 Å². The highest BCUT2D eigenvalue weighted by atomic mass is 32.1. The smallest absolute Gasteiger partial charge is 0.328 e. The number of carboxylic acid groups (broad SMARTS) is 1. The van der Waals surface area contributed by atoms with Crippen molar-refractivity contribution in [2.24, 2.45) is 0 Å². The summed E-state index contributed by atoms with van der Waals surface area (Å²) in [6, 6.07) is 1.66. The van der Waals surface area contributed by atoms with Crippen molar-refractivity contribution in [3.05, 3.63) is 28.0 Å². The van der Waals surface area contributed by atoms with Gasteiger partial charge in [0.1, 0.15) is 0 Å². The monoisotopic (exact) mass is 283 g/mol. The number of hydrogen-bond donors (Lipinski definition) is 1. The lowest BCUT2D eigenvalue weighted by molar-refractivity contribution is -0.131. The number of thiophene rings is 1. The topological polar surface area (TPSA) is 66.8 Å². The van der Waals surface area contributed by atoms with Crippen LogP contribution < -0.4 is 0 Å². The van der Waals surface area contributed by atoms with E-state index < -0.39 is 5.97 Å². The van der Waals surface area contributed by atoms with Gasteiger partial charge in [-0.15, -0.1) is 11.3 Å². The molecule has 0 radical (unpaired) electrons. The molecule has 1 heterocycles. The van der Waals surface area contributed by atoms with E-state index in [0.717, 1.165) is 11.0 Å². The zero-order valence-corrected chi connectivity index (χ0v) is 11.9. The van der Waals surface area contributed by atoms with Crippen LogP contribution in [0.1, 0.15) is 22.2 Å². The van der Waals surface area contributed by atoms with Crippen molar-refractivity contribution in [1.82, 2.24) is 4.90 Å². The van der Waals surface area contributed by atoms with Crippen LogP contribution in [0.2, 0.25) is 0 Å². The minimum absolute atomic E-state index is 0.0181. The van der Waals surface area contributed by atoms with E-state index in [-0.39, 0.29) is 11.9 Å². The fraction of sp³-hybridized carbons (Fsp3) is 0.385. The van der Waals surface area contributed by atoms with E-state index in [4.69, 9.17) is 9.84 Å². The zero-order chi connectivity index (χ0) is 14.4. The van der Waals surface area contributed by atoms with Gasteiger partial charge < -0.3 is 14.7 Å². The van der Waals surface area contributed by atoms with Crippen LogP contribution in [0, 0.1) is 0 Å². The average Bonchev–Trinajstić information content (AvgIpc) is 2.83. The number of rotatable bonds is 6. The SMILES string of the molecule is COCC(C)N(C)C(=O)c1csc(C=CC(=O)O)c1. The molecule has 1 N–H and O–H groups in total. The minimum Gasteiger partial charge on any atom is -0.478 e. The summed E-state index contributed by atoms with van der Waals surface area (Å²) in [6.45, 7) is 2.37. The molecule has 1 atom stereocenters. The molecule has 0 aromatic carbocycles.